The fraction of sp³-hybridized carbons (Fsp3) is 0.0938. The average Bonchev–Trinajstić information content (AvgIpc) is 3.18. The lowest BCUT2D eigenvalue weighted by atomic mass is 10.2. The monoisotopic (exact) mass is 564 g/mol. The summed E-state index contributed by atoms with van der Waals surface area (Å²) in [4.78, 5) is 42.0. The van der Waals surface area contributed by atoms with Crippen LogP contribution < -0.4 is 25.6 Å². The maximum Gasteiger partial charge on any atom is 0.323 e. The number of ether oxygens (including phenoxy) is 1. The summed E-state index contributed by atoms with van der Waals surface area (Å²) in [6.45, 7) is 3.92. The van der Waals surface area contributed by atoms with Crippen LogP contribution in [0, 0.1) is 13.8 Å². The van der Waals surface area contributed by atoms with E-state index in [4.69, 9.17) is 4.74 Å². The molecule has 8 nitrogen and oxygen atoms in total. The van der Waals surface area contributed by atoms with E-state index in [0.29, 0.717) is 33.4 Å². The van der Waals surface area contributed by atoms with E-state index in [1.807, 2.05) is 56.3 Å². The topological polar surface area (TPSA) is 99.8 Å². The first-order valence-electron chi connectivity index (χ1n) is 12.8. The van der Waals surface area contributed by atoms with Gasteiger partial charge in [-0.3, -0.25) is 9.59 Å². The highest BCUT2D eigenvalue weighted by molar-refractivity contribution is 8.04. The highest BCUT2D eigenvalue weighted by Crippen LogP contribution is 2.38. The van der Waals surface area contributed by atoms with E-state index >= 15 is 0 Å². The van der Waals surface area contributed by atoms with Crippen molar-refractivity contribution in [1.82, 2.24) is 0 Å². The fourth-order valence-electron chi connectivity index (χ4n) is 4.17. The van der Waals surface area contributed by atoms with Gasteiger partial charge in [-0.15, -0.1) is 0 Å². The van der Waals surface area contributed by atoms with Crippen molar-refractivity contribution in [3.05, 3.63) is 119 Å². The number of aryl methyl sites for hydroxylation is 2. The first-order valence-corrected chi connectivity index (χ1v) is 13.7. The molecule has 9 heteroatoms. The van der Waals surface area contributed by atoms with Crippen molar-refractivity contribution >= 4 is 52.4 Å². The molecule has 0 unspecified atom stereocenters. The summed E-state index contributed by atoms with van der Waals surface area (Å²) in [5.41, 5.74) is 4.59. The zero-order valence-electron chi connectivity index (χ0n) is 22.7. The summed E-state index contributed by atoms with van der Waals surface area (Å²) < 4.78 is 5.20. The van der Waals surface area contributed by atoms with Crippen molar-refractivity contribution < 1.29 is 19.1 Å². The van der Waals surface area contributed by atoms with E-state index in [9.17, 15) is 14.4 Å². The second-order valence-corrected chi connectivity index (χ2v) is 10.5. The third-order valence-corrected chi connectivity index (χ3v) is 7.37. The number of imide groups is 1. The molecule has 4 aromatic rings. The number of anilines is 4. The van der Waals surface area contributed by atoms with Crippen molar-refractivity contribution in [2.75, 3.05) is 28.0 Å². The molecule has 41 heavy (non-hydrogen) atoms. The van der Waals surface area contributed by atoms with Gasteiger partial charge in [-0.25, -0.2) is 9.69 Å². The number of carbonyl (C=O) groups is 3. The number of hydrogen-bond acceptors (Lipinski definition) is 6. The largest absolute Gasteiger partial charge is 0.497 e. The Hall–Kier alpha value is -5.02. The average molecular weight is 565 g/mol. The molecule has 0 saturated carbocycles. The van der Waals surface area contributed by atoms with E-state index < -0.39 is 17.8 Å². The Balaban J connectivity index is 1.39. The Morgan fingerprint density at radius 1 is 0.732 bits per heavy atom. The van der Waals surface area contributed by atoms with E-state index in [-0.39, 0.29) is 10.6 Å². The number of thioether (sulfide) groups is 1. The van der Waals surface area contributed by atoms with Crippen LogP contribution in [-0.4, -0.2) is 25.0 Å². The van der Waals surface area contributed by atoms with Gasteiger partial charge in [0.15, 0.2) is 0 Å². The second-order valence-electron chi connectivity index (χ2n) is 9.42. The van der Waals surface area contributed by atoms with Gasteiger partial charge in [0.2, 0.25) is 0 Å². The summed E-state index contributed by atoms with van der Waals surface area (Å²) in [5, 5.41) is 8.76. The highest BCUT2D eigenvalue weighted by Gasteiger charge is 2.40. The molecule has 0 saturated heterocycles. The Morgan fingerprint density at radius 3 is 2.00 bits per heavy atom. The lowest BCUT2D eigenvalue weighted by Gasteiger charge is -2.15. The van der Waals surface area contributed by atoms with Crippen LogP contribution in [0.5, 0.6) is 5.75 Å². The van der Waals surface area contributed by atoms with Crippen LogP contribution in [0.1, 0.15) is 11.1 Å². The first-order chi connectivity index (χ1) is 19.8. The molecule has 0 aromatic heterocycles. The van der Waals surface area contributed by atoms with Crippen LogP contribution in [0.2, 0.25) is 0 Å². The quantitative estimate of drug-likeness (QED) is 0.200. The molecule has 3 N–H and O–H groups in total. The maximum absolute atomic E-state index is 13.7. The van der Waals surface area contributed by atoms with Gasteiger partial charge in [0.1, 0.15) is 16.4 Å². The molecule has 0 bridgehead atoms. The fourth-order valence-corrected chi connectivity index (χ4v) is 5.16. The normalized spacial score (nSPS) is 12.9. The van der Waals surface area contributed by atoms with Gasteiger partial charge < -0.3 is 20.7 Å². The molecule has 4 aromatic carbocycles. The van der Waals surface area contributed by atoms with Gasteiger partial charge in [-0.1, -0.05) is 59.3 Å². The zero-order chi connectivity index (χ0) is 28.9. The molecule has 0 atom stereocenters. The minimum atomic E-state index is -0.436. The summed E-state index contributed by atoms with van der Waals surface area (Å²) in [6.07, 6.45) is 0. The third kappa shape index (κ3) is 6.42. The lowest BCUT2D eigenvalue weighted by Crippen LogP contribution is -2.32. The number of rotatable bonds is 8. The zero-order valence-corrected chi connectivity index (χ0v) is 23.5. The van der Waals surface area contributed by atoms with Gasteiger partial charge in [-0.05, 0) is 68.4 Å². The molecule has 206 valence electrons. The van der Waals surface area contributed by atoms with E-state index in [1.165, 1.54) is 4.90 Å². The van der Waals surface area contributed by atoms with Crippen molar-refractivity contribution in [1.29, 1.82) is 0 Å². The summed E-state index contributed by atoms with van der Waals surface area (Å²) >= 11 is 1.16. The summed E-state index contributed by atoms with van der Waals surface area (Å²) in [6, 6.07) is 28.5. The molecular formula is C32H28N4O4S. The molecule has 0 radical (unpaired) electrons. The number of methoxy groups -OCH3 is 1. The summed E-state index contributed by atoms with van der Waals surface area (Å²) in [5.74, 6) is -0.235. The number of carbonyl (C=O) groups excluding carboxylic acids is 3. The van der Waals surface area contributed by atoms with Crippen LogP contribution >= 0.6 is 11.8 Å². The molecule has 5 rings (SSSR count). The Morgan fingerprint density at radius 2 is 1.34 bits per heavy atom. The molecule has 1 aliphatic heterocycles. The Bertz CT molecular complexity index is 1650. The Labute approximate surface area is 242 Å². The van der Waals surface area contributed by atoms with Crippen LogP contribution in [0.3, 0.4) is 0 Å². The molecule has 0 fully saturated rings. The molecule has 0 spiro atoms. The predicted molar refractivity (Wildman–Crippen MR) is 163 cm³/mol. The predicted octanol–water partition coefficient (Wildman–Crippen LogP) is 6.95. The Kier molecular flexibility index (Phi) is 8.07. The van der Waals surface area contributed by atoms with E-state index in [0.717, 1.165) is 22.9 Å². The smallest absolute Gasteiger partial charge is 0.323 e. The molecule has 1 heterocycles. The third-order valence-electron chi connectivity index (χ3n) is 6.29. The van der Waals surface area contributed by atoms with Crippen molar-refractivity contribution in [3.8, 4) is 5.75 Å². The van der Waals surface area contributed by atoms with Gasteiger partial charge in [0.05, 0.1) is 12.8 Å². The van der Waals surface area contributed by atoms with Gasteiger partial charge in [-0.2, -0.15) is 0 Å². The molecule has 1 aliphatic rings. The highest BCUT2D eigenvalue weighted by atomic mass is 32.2. The van der Waals surface area contributed by atoms with Gasteiger partial charge in [0, 0.05) is 28.0 Å². The van der Waals surface area contributed by atoms with Crippen molar-refractivity contribution in [2.45, 2.75) is 18.7 Å². The molecular weight excluding hydrogens is 536 g/mol. The summed E-state index contributed by atoms with van der Waals surface area (Å²) in [7, 11) is 1.56. The second kappa shape index (κ2) is 12.0. The number of benzene rings is 4. The molecule has 4 amide bonds. The number of hydrogen-bond donors (Lipinski definition) is 3. The van der Waals surface area contributed by atoms with E-state index in [1.54, 1.807) is 61.7 Å². The SMILES string of the molecule is COc1cccc(NC(=O)Nc2cccc(SC3=C(Nc4ccc(C)cc4)C(=O)N(c4ccc(C)cc4)C3=O)c2)c1. The van der Waals surface area contributed by atoms with Gasteiger partial charge in [0.25, 0.3) is 11.8 Å². The lowest BCUT2D eigenvalue weighted by molar-refractivity contribution is -0.120. The number of nitrogens with zero attached hydrogens (tertiary/aromatic N) is 1. The van der Waals surface area contributed by atoms with Crippen LogP contribution in [0.15, 0.2) is 113 Å². The van der Waals surface area contributed by atoms with Crippen LogP contribution in [0.25, 0.3) is 0 Å². The van der Waals surface area contributed by atoms with Crippen LogP contribution in [0.4, 0.5) is 27.5 Å². The number of urea groups is 1. The number of nitrogens with one attached hydrogen (secondary N) is 3. The minimum Gasteiger partial charge on any atom is -0.497 e. The maximum atomic E-state index is 13.7. The standard InChI is InChI=1S/C32H28N4O4S/c1-20-10-14-22(15-11-20)33-28-29(31(38)36(30(28)37)25-16-12-21(2)13-17-25)41-27-9-5-7-24(19-27)35-32(39)34-23-6-4-8-26(18-23)40-3/h4-19,33H,1-3H3,(H2,34,35,39). The van der Waals surface area contributed by atoms with Gasteiger partial charge >= 0.3 is 6.03 Å². The molecule has 0 aliphatic carbocycles. The minimum absolute atomic E-state index is 0.193. The number of amides is 4. The van der Waals surface area contributed by atoms with E-state index in [2.05, 4.69) is 16.0 Å². The van der Waals surface area contributed by atoms with Crippen molar-refractivity contribution in [2.24, 2.45) is 0 Å². The van der Waals surface area contributed by atoms with Crippen molar-refractivity contribution in [3.63, 3.8) is 0 Å². The van der Waals surface area contributed by atoms with Crippen LogP contribution in [-0.2, 0) is 9.59 Å². The first kappa shape index (κ1) is 27.5.